The van der Waals surface area contributed by atoms with Crippen LogP contribution < -0.4 is 10.5 Å². The molecule has 0 saturated heterocycles. The van der Waals surface area contributed by atoms with Crippen LogP contribution in [-0.4, -0.2) is 29.3 Å². The van der Waals surface area contributed by atoms with E-state index in [1.807, 2.05) is 0 Å². The van der Waals surface area contributed by atoms with Gasteiger partial charge in [-0.3, -0.25) is 5.41 Å². The SMILES string of the molecule is N=C(N)c1ccnc(OC(C(F)(F)F)C(F)(F)F)c1Cl. The molecule has 0 fully saturated rings. The summed E-state index contributed by atoms with van der Waals surface area (Å²) in [5.74, 6) is -1.77. The minimum atomic E-state index is -5.70. The molecule has 0 spiro atoms. The van der Waals surface area contributed by atoms with Gasteiger partial charge in [-0.15, -0.1) is 0 Å². The topological polar surface area (TPSA) is 72.0 Å². The molecule has 0 aliphatic heterocycles. The molecule has 1 aromatic rings. The zero-order valence-corrected chi connectivity index (χ0v) is 10.1. The molecule has 0 atom stereocenters. The lowest BCUT2D eigenvalue weighted by Crippen LogP contribution is -2.46. The highest BCUT2D eigenvalue weighted by Gasteiger charge is 2.59. The van der Waals surface area contributed by atoms with Gasteiger partial charge in [-0.05, 0) is 6.07 Å². The molecule has 1 aromatic heterocycles. The number of rotatable bonds is 3. The standard InChI is InChI=1S/C9H6ClF6N3O/c10-4-3(5(17)18)1-2-19-6(4)20-7(8(11,12)13)9(14,15)16/h1-2,7H,(H3,17,18). The quantitative estimate of drug-likeness (QED) is 0.511. The molecule has 1 rings (SSSR count). The van der Waals surface area contributed by atoms with E-state index in [1.165, 1.54) is 0 Å². The van der Waals surface area contributed by atoms with Gasteiger partial charge in [-0.2, -0.15) is 26.3 Å². The Kier molecular flexibility index (Phi) is 4.37. The van der Waals surface area contributed by atoms with Crippen molar-refractivity contribution in [3.8, 4) is 5.88 Å². The molecule has 0 aliphatic rings. The lowest BCUT2D eigenvalue weighted by Gasteiger charge is -2.23. The molecule has 0 amide bonds. The summed E-state index contributed by atoms with van der Waals surface area (Å²) in [6.45, 7) is 0. The van der Waals surface area contributed by atoms with Crippen molar-refractivity contribution in [3.05, 3.63) is 22.8 Å². The van der Waals surface area contributed by atoms with Crippen molar-refractivity contribution in [2.45, 2.75) is 18.5 Å². The molecule has 112 valence electrons. The Morgan fingerprint density at radius 1 is 1.25 bits per heavy atom. The van der Waals surface area contributed by atoms with E-state index in [0.717, 1.165) is 12.3 Å². The van der Waals surface area contributed by atoms with Crippen molar-refractivity contribution in [3.63, 3.8) is 0 Å². The minimum absolute atomic E-state index is 0.292. The summed E-state index contributed by atoms with van der Waals surface area (Å²) in [7, 11) is 0. The van der Waals surface area contributed by atoms with Crippen LogP contribution in [0, 0.1) is 5.41 Å². The van der Waals surface area contributed by atoms with Gasteiger partial charge in [0.05, 0.1) is 0 Å². The molecule has 0 bridgehead atoms. The van der Waals surface area contributed by atoms with Crippen molar-refractivity contribution in [1.82, 2.24) is 4.98 Å². The first-order valence-corrected chi connectivity index (χ1v) is 5.11. The third-order valence-corrected chi connectivity index (χ3v) is 2.34. The molecule has 0 unspecified atom stereocenters. The van der Waals surface area contributed by atoms with Gasteiger partial charge < -0.3 is 10.5 Å². The van der Waals surface area contributed by atoms with Crippen molar-refractivity contribution in [1.29, 1.82) is 5.41 Å². The van der Waals surface area contributed by atoms with E-state index in [1.54, 1.807) is 0 Å². The monoisotopic (exact) mass is 321 g/mol. The van der Waals surface area contributed by atoms with Crippen molar-refractivity contribution >= 4 is 17.4 Å². The van der Waals surface area contributed by atoms with Gasteiger partial charge in [0.15, 0.2) is 0 Å². The number of hydrogen-bond donors (Lipinski definition) is 2. The molecule has 11 heteroatoms. The highest BCUT2D eigenvalue weighted by atomic mass is 35.5. The van der Waals surface area contributed by atoms with Gasteiger partial charge >= 0.3 is 12.4 Å². The maximum atomic E-state index is 12.3. The molecule has 1 heterocycles. The summed E-state index contributed by atoms with van der Waals surface area (Å²) in [5.41, 5.74) is 4.77. The van der Waals surface area contributed by atoms with Gasteiger partial charge in [0.25, 0.3) is 6.10 Å². The van der Waals surface area contributed by atoms with Gasteiger partial charge in [-0.25, -0.2) is 4.98 Å². The number of ether oxygens (including phenoxy) is 1. The highest BCUT2D eigenvalue weighted by Crippen LogP contribution is 2.38. The lowest BCUT2D eigenvalue weighted by atomic mass is 10.2. The molecule has 0 aromatic carbocycles. The number of halogens is 7. The zero-order chi connectivity index (χ0) is 15.7. The number of hydrogen-bond acceptors (Lipinski definition) is 3. The van der Waals surface area contributed by atoms with E-state index in [0.29, 0.717) is 0 Å². The third kappa shape index (κ3) is 3.65. The Balaban J connectivity index is 3.20. The highest BCUT2D eigenvalue weighted by molar-refractivity contribution is 6.35. The second kappa shape index (κ2) is 5.35. The number of alkyl halides is 6. The van der Waals surface area contributed by atoms with E-state index in [9.17, 15) is 26.3 Å². The largest absolute Gasteiger partial charge is 0.454 e. The van der Waals surface area contributed by atoms with E-state index in [2.05, 4.69) is 9.72 Å². The summed E-state index contributed by atoms with van der Waals surface area (Å²) >= 11 is 5.50. The van der Waals surface area contributed by atoms with Crippen LogP contribution in [0.3, 0.4) is 0 Å². The van der Waals surface area contributed by atoms with Crippen LogP contribution in [0.1, 0.15) is 5.56 Å². The maximum absolute atomic E-state index is 12.3. The average Bonchev–Trinajstić information content (AvgIpc) is 2.23. The van der Waals surface area contributed by atoms with Gasteiger partial charge in [0.1, 0.15) is 10.9 Å². The summed E-state index contributed by atoms with van der Waals surface area (Å²) < 4.78 is 77.7. The maximum Gasteiger partial charge on any atom is 0.434 e. The van der Waals surface area contributed by atoms with Crippen molar-refractivity contribution in [2.24, 2.45) is 5.73 Å². The normalized spacial score (nSPS) is 12.6. The Morgan fingerprint density at radius 3 is 2.15 bits per heavy atom. The van der Waals surface area contributed by atoms with Crippen molar-refractivity contribution < 1.29 is 31.1 Å². The van der Waals surface area contributed by atoms with E-state index < -0.39 is 35.2 Å². The van der Waals surface area contributed by atoms with Crippen LogP contribution in [0.15, 0.2) is 12.3 Å². The predicted octanol–water partition coefficient (Wildman–Crippen LogP) is 2.89. The molecular formula is C9H6ClF6N3O. The Morgan fingerprint density at radius 2 is 1.75 bits per heavy atom. The smallest absolute Gasteiger partial charge is 0.434 e. The summed E-state index contributed by atoms with van der Waals surface area (Å²) in [6.07, 6.45) is -14.7. The van der Waals surface area contributed by atoms with Crippen LogP contribution in [0.25, 0.3) is 0 Å². The Bertz CT molecular complexity index is 501. The molecule has 20 heavy (non-hydrogen) atoms. The fourth-order valence-electron chi connectivity index (χ4n) is 1.15. The zero-order valence-electron chi connectivity index (χ0n) is 9.31. The second-order valence-corrected chi connectivity index (χ2v) is 3.85. The first-order valence-electron chi connectivity index (χ1n) is 4.73. The fraction of sp³-hybridized carbons (Fsp3) is 0.333. The van der Waals surface area contributed by atoms with E-state index >= 15 is 0 Å². The lowest BCUT2D eigenvalue weighted by molar-refractivity contribution is -0.300. The number of amidine groups is 1. The summed E-state index contributed by atoms with van der Waals surface area (Å²) in [6, 6.07) is 1.05. The second-order valence-electron chi connectivity index (χ2n) is 3.47. The molecule has 3 N–H and O–H groups in total. The van der Waals surface area contributed by atoms with Crippen LogP contribution >= 0.6 is 11.6 Å². The third-order valence-electron chi connectivity index (χ3n) is 1.97. The molecular weight excluding hydrogens is 316 g/mol. The van der Waals surface area contributed by atoms with E-state index in [-0.39, 0.29) is 5.56 Å². The minimum Gasteiger partial charge on any atom is -0.454 e. The summed E-state index contributed by atoms with van der Waals surface area (Å²) in [5, 5.41) is 6.36. The number of nitrogens with zero attached hydrogens (tertiary/aromatic N) is 1. The number of nitrogen functional groups attached to an aromatic ring is 1. The number of aromatic nitrogens is 1. The molecule has 0 aliphatic carbocycles. The van der Waals surface area contributed by atoms with Crippen LogP contribution in [0.5, 0.6) is 5.88 Å². The Hall–Kier alpha value is -1.71. The average molecular weight is 322 g/mol. The van der Waals surface area contributed by atoms with Gasteiger partial charge in [-0.1, -0.05) is 11.6 Å². The Labute approximate surface area is 113 Å². The number of nitrogens with one attached hydrogen (secondary N) is 1. The van der Waals surface area contributed by atoms with Crippen LogP contribution in [0.4, 0.5) is 26.3 Å². The van der Waals surface area contributed by atoms with Gasteiger partial charge in [0, 0.05) is 11.8 Å². The fourth-order valence-corrected chi connectivity index (χ4v) is 1.40. The predicted molar refractivity (Wildman–Crippen MR) is 56.8 cm³/mol. The van der Waals surface area contributed by atoms with E-state index in [4.69, 9.17) is 22.7 Å². The molecule has 4 nitrogen and oxygen atoms in total. The van der Waals surface area contributed by atoms with Crippen LogP contribution in [-0.2, 0) is 0 Å². The molecule has 0 saturated carbocycles. The first kappa shape index (κ1) is 16.3. The van der Waals surface area contributed by atoms with Gasteiger partial charge in [0.2, 0.25) is 5.88 Å². The molecule has 0 radical (unpaired) electrons. The van der Waals surface area contributed by atoms with Crippen molar-refractivity contribution in [2.75, 3.05) is 0 Å². The number of nitrogens with two attached hydrogens (primary N) is 1. The first-order chi connectivity index (χ1) is 8.94. The number of pyridine rings is 1. The summed E-state index contributed by atoms with van der Waals surface area (Å²) in [4.78, 5) is 3.18. The van der Waals surface area contributed by atoms with Crippen LogP contribution in [0.2, 0.25) is 5.02 Å².